The second-order valence-corrected chi connectivity index (χ2v) is 8.91. The molecule has 0 aliphatic carbocycles. The Hall–Kier alpha value is -3.43. The molecule has 4 N–H and O–H groups in total. The molecule has 33 heavy (non-hydrogen) atoms. The Labute approximate surface area is 193 Å². The summed E-state index contributed by atoms with van der Waals surface area (Å²) in [6, 6.07) is 5.35. The lowest BCUT2D eigenvalue weighted by molar-refractivity contribution is -0.121. The van der Waals surface area contributed by atoms with Crippen molar-refractivity contribution in [3.63, 3.8) is 0 Å². The summed E-state index contributed by atoms with van der Waals surface area (Å²) in [6.45, 7) is 11.1. The van der Waals surface area contributed by atoms with Gasteiger partial charge in [0.2, 0.25) is 11.6 Å². The number of fused-ring (bicyclic) bond motifs is 3. The lowest BCUT2D eigenvalue weighted by Crippen LogP contribution is -2.34. The summed E-state index contributed by atoms with van der Waals surface area (Å²) >= 11 is 0. The fourth-order valence-electron chi connectivity index (χ4n) is 3.52. The van der Waals surface area contributed by atoms with Crippen molar-refractivity contribution in [3.8, 4) is 0 Å². The van der Waals surface area contributed by atoms with Crippen molar-refractivity contribution >= 4 is 40.1 Å². The number of nitrogens with zero attached hydrogens (tertiary/aromatic N) is 4. The first kappa shape index (κ1) is 24.2. The SMILES string of the molecule is Cc1nnc2c(NCCCCNC(=O)CC(C)C)nc3ccc(NC(=O)NC(C)C)cc3n12. The van der Waals surface area contributed by atoms with Crippen LogP contribution in [0.5, 0.6) is 0 Å². The highest BCUT2D eigenvalue weighted by atomic mass is 16.2. The van der Waals surface area contributed by atoms with Gasteiger partial charge in [-0.15, -0.1) is 10.2 Å². The Kier molecular flexibility index (Phi) is 8.02. The molecule has 0 fully saturated rings. The Morgan fingerprint density at radius 2 is 1.82 bits per heavy atom. The maximum Gasteiger partial charge on any atom is 0.319 e. The van der Waals surface area contributed by atoms with E-state index in [-0.39, 0.29) is 18.0 Å². The number of anilines is 2. The lowest BCUT2D eigenvalue weighted by atomic mass is 10.1. The number of carbonyl (C=O) groups is 2. The van der Waals surface area contributed by atoms with Gasteiger partial charge in [-0.1, -0.05) is 13.8 Å². The number of hydrogen-bond acceptors (Lipinski definition) is 6. The minimum Gasteiger partial charge on any atom is -0.367 e. The predicted molar refractivity (Wildman–Crippen MR) is 131 cm³/mol. The molecule has 0 saturated heterocycles. The number of hydrogen-bond donors (Lipinski definition) is 4. The number of unbranched alkanes of at least 4 members (excludes halogenated alkanes) is 1. The second kappa shape index (κ2) is 10.9. The van der Waals surface area contributed by atoms with E-state index in [2.05, 4.69) is 31.5 Å². The standard InChI is InChI=1S/C23H34N8O2/c1-14(2)12-20(32)24-10-6-7-11-25-21-22-30-29-16(5)31(22)19-13-17(8-9-18(19)28-21)27-23(33)26-15(3)4/h8-9,13-15H,6-7,10-12H2,1-5H3,(H,24,32)(H,25,28)(H2,26,27,33). The first-order valence-corrected chi connectivity index (χ1v) is 11.5. The molecule has 2 aromatic heterocycles. The van der Waals surface area contributed by atoms with Gasteiger partial charge in [0.25, 0.3) is 0 Å². The number of carbonyl (C=O) groups excluding carboxylic acids is 2. The number of aromatic nitrogens is 4. The highest BCUT2D eigenvalue weighted by Gasteiger charge is 2.14. The molecule has 2 heterocycles. The Bertz CT molecular complexity index is 1120. The van der Waals surface area contributed by atoms with Gasteiger partial charge in [-0.25, -0.2) is 9.78 Å². The van der Waals surface area contributed by atoms with Gasteiger partial charge in [0.15, 0.2) is 5.82 Å². The van der Waals surface area contributed by atoms with Gasteiger partial charge in [-0.3, -0.25) is 9.20 Å². The Balaban J connectivity index is 1.68. The van der Waals surface area contributed by atoms with Crippen LogP contribution in [0.2, 0.25) is 0 Å². The molecule has 0 aliphatic heterocycles. The van der Waals surface area contributed by atoms with E-state index in [1.165, 1.54) is 0 Å². The van der Waals surface area contributed by atoms with Crippen LogP contribution < -0.4 is 21.3 Å². The van der Waals surface area contributed by atoms with Crippen LogP contribution in [0.1, 0.15) is 52.8 Å². The van der Waals surface area contributed by atoms with E-state index in [1.807, 2.05) is 57.2 Å². The third kappa shape index (κ3) is 6.53. The van der Waals surface area contributed by atoms with E-state index in [4.69, 9.17) is 4.98 Å². The normalized spacial score (nSPS) is 11.4. The molecule has 0 aliphatic rings. The summed E-state index contributed by atoms with van der Waals surface area (Å²) in [5.74, 6) is 1.86. The predicted octanol–water partition coefficient (Wildman–Crippen LogP) is 3.47. The molecule has 0 bridgehead atoms. The number of rotatable bonds is 10. The highest BCUT2D eigenvalue weighted by molar-refractivity contribution is 5.93. The van der Waals surface area contributed by atoms with Gasteiger partial charge in [0, 0.05) is 31.2 Å². The maximum atomic E-state index is 12.1. The molecule has 10 nitrogen and oxygen atoms in total. The van der Waals surface area contributed by atoms with Gasteiger partial charge < -0.3 is 21.3 Å². The zero-order valence-electron chi connectivity index (χ0n) is 20.0. The first-order chi connectivity index (χ1) is 15.7. The highest BCUT2D eigenvalue weighted by Crippen LogP contribution is 2.24. The van der Waals surface area contributed by atoms with Crippen LogP contribution in [0.3, 0.4) is 0 Å². The molecular formula is C23H34N8O2. The summed E-state index contributed by atoms with van der Waals surface area (Å²) < 4.78 is 1.93. The number of nitrogens with one attached hydrogen (secondary N) is 4. The van der Waals surface area contributed by atoms with E-state index in [9.17, 15) is 9.59 Å². The van der Waals surface area contributed by atoms with Gasteiger partial charge in [-0.2, -0.15) is 0 Å². The molecule has 1 aromatic carbocycles. The van der Waals surface area contributed by atoms with Crippen LogP contribution in [0.4, 0.5) is 16.3 Å². The number of benzene rings is 1. The van der Waals surface area contributed by atoms with E-state index in [0.717, 1.165) is 29.7 Å². The molecule has 0 radical (unpaired) electrons. The number of amides is 3. The summed E-state index contributed by atoms with van der Waals surface area (Å²) in [4.78, 5) is 28.5. The molecule has 0 spiro atoms. The van der Waals surface area contributed by atoms with Crippen molar-refractivity contribution < 1.29 is 9.59 Å². The van der Waals surface area contributed by atoms with Crippen molar-refractivity contribution in [2.75, 3.05) is 23.7 Å². The van der Waals surface area contributed by atoms with Crippen molar-refractivity contribution in [1.82, 2.24) is 30.2 Å². The third-order valence-corrected chi connectivity index (χ3v) is 4.97. The van der Waals surface area contributed by atoms with Crippen molar-refractivity contribution in [2.24, 2.45) is 5.92 Å². The minimum atomic E-state index is -0.257. The van der Waals surface area contributed by atoms with Crippen molar-refractivity contribution in [2.45, 2.75) is 59.9 Å². The van der Waals surface area contributed by atoms with Gasteiger partial charge in [0.05, 0.1) is 11.0 Å². The minimum absolute atomic E-state index is 0.0452. The van der Waals surface area contributed by atoms with Gasteiger partial charge in [0.1, 0.15) is 5.82 Å². The van der Waals surface area contributed by atoms with Crippen molar-refractivity contribution in [3.05, 3.63) is 24.0 Å². The van der Waals surface area contributed by atoms with Gasteiger partial charge in [-0.05, 0) is 57.7 Å². The van der Waals surface area contributed by atoms with Crippen LogP contribution >= 0.6 is 0 Å². The molecule has 178 valence electrons. The monoisotopic (exact) mass is 454 g/mol. The average Bonchev–Trinajstić information content (AvgIpc) is 3.11. The first-order valence-electron chi connectivity index (χ1n) is 11.5. The van der Waals surface area contributed by atoms with E-state index in [0.29, 0.717) is 42.6 Å². The van der Waals surface area contributed by atoms with E-state index in [1.54, 1.807) is 0 Å². The fraction of sp³-hybridized carbons (Fsp3) is 0.522. The summed E-state index contributed by atoms with van der Waals surface area (Å²) in [5, 5.41) is 20.5. The smallest absolute Gasteiger partial charge is 0.319 e. The molecule has 3 aromatic rings. The average molecular weight is 455 g/mol. The van der Waals surface area contributed by atoms with Crippen molar-refractivity contribution in [1.29, 1.82) is 0 Å². The van der Waals surface area contributed by atoms with Crippen LogP contribution in [0.25, 0.3) is 16.7 Å². The zero-order valence-corrected chi connectivity index (χ0v) is 20.0. The second-order valence-electron chi connectivity index (χ2n) is 8.91. The van der Waals surface area contributed by atoms with Crippen LogP contribution in [-0.4, -0.2) is 50.7 Å². The zero-order chi connectivity index (χ0) is 24.0. The molecule has 3 amide bonds. The topological polar surface area (TPSA) is 125 Å². The third-order valence-electron chi connectivity index (χ3n) is 4.97. The van der Waals surface area contributed by atoms with Crippen LogP contribution in [-0.2, 0) is 4.79 Å². The van der Waals surface area contributed by atoms with E-state index >= 15 is 0 Å². The molecule has 0 unspecified atom stereocenters. The van der Waals surface area contributed by atoms with Gasteiger partial charge >= 0.3 is 6.03 Å². The number of urea groups is 1. The molecule has 3 rings (SSSR count). The summed E-state index contributed by atoms with van der Waals surface area (Å²) in [5.41, 5.74) is 2.88. The molecule has 10 heteroatoms. The molecular weight excluding hydrogens is 420 g/mol. The molecule has 0 saturated carbocycles. The summed E-state index contributed by atoms with van der Waals surface area (Å²) in [7, 11) is 0. The number of aryl methyl sites for hydroxylation is 1. The lowest BCUT2D eigenvalue weighted by Gasteiger charge is -2.13. The largest absolute Gasteiger partial charge is 0.367 e. The Morgan fingerprint density at radius 1 is 1.06 bits per heavy atom. The quantitative estimate of drug-likeness (QED) is 0.348. The van der Waals surface area contributed by atoms with Crippen LogP contribution in [0, 0.1) is 12.8 Å². The Morgan fingerprint density at radius 3 is 2.55 bits per heavy atom. The molecule has 0 atom stereocenters. The fourth-order valence-corrected chi connectivity index (χ4v) is 3.52. The maximum absolute atomic E-state index is 12.1. The summed E-state index contributed by atoms with van der Waals surface area (Å²) in [6.07, 6.45) is 2.32. The van der Waals surface area contributed by atoms with E-state index < -0.39 is 0 Å². The van der Waals surface area contributed by atoms with Crippen LogP contribution in [0.15, 0.2) is 18.2 Å².